The molecular formula is C22H20N6OS. The minimum atomic E-state index is -0.102. The van der Waals surface area contributed by atoms with Gasteiger partial charge in [0.25, 0.3) is 0 Å². The van der Waals surface area contributed by atoms with Crippen molar-refractivity contribution in [2.24, 2.45) is 0 Å². The molecule has 0 aliphatic rings. The SMILES string of the molecule is CCn1c(SCC(=O)Nc2ccccc2-c2ccccc2)nnc1-c1cnccn1. The number of thioether (sulfide) groups is 1. The van der Waals surface area contributed by atoms with Crippen molar-refractivity contribution in [3.05, 3.63) is 73.2 Å². The second-order valence-electron chi connectivity index (χ2n) is 6.39. The molecule has 1 amide bonds. The molecule has 7 nitrogen and oxygen atoms in total. The summed E-state index contributed by atoms with van der Waals surface area (Å²) < 4.78 is 1.93. The number of hydrogen-bond donors (Lipinski definition) is 1. The maximum absolute atomic E-state index is 12.6. The van der Waals surface area contributed by atoms with E-state index >= 15 is 0 Å². The van der Waals surface area contributed by atoms with E-state index < -0.39 is 0 Å². The van der Waals surface area contributed by atoms with E-state index in [4.69, 9.17) is 0 Å². The highest BCUT2D eigenvalue weighted by atomic mass is 32.2. The number of carbonyl (C=O) groups excluding carboxylic acids is 1. The van der Waals surface area contributed by atoms with Crippen LogP contribution in [-0.2, 0) is 11.3 Å². The summed E-state index contributed by atoms with van der Waals surface area (Å²) in [7, 11) is 0. The van der Waals surface area contributed by atoms with E-state index in [0.717, 1.165) is 16.8 Å². The van der Waals surface area contributed by atoms with E-state index in [2.05, 4.69) is 25.5 Å². The van der Waals surface area contributed by atoms with Gasteiger partial charge in [0.1, 0.15) is 5.69 Å². The van der Waals surface area contributed by atoms with E-state index in [0.29, 0.717) is 23.2 Å². The van der Waals surface area contributed by atoms with Crippen molar-refractivity contribution in [2.75, 3.05) is 11.1 Å². The first-order valence-electron chi connectivity index (χ1n) is 9.53. The first kappa shape index (κ1) is 19.8. The standard InChI is InChI=1S/C22H20N6OS/c1-2-28-21(19-14-23-12-13-24-19)26-27-22(28)30-15-20(29)25-18-11-7-6-10-17(18)16-8-4-3-5-9-16/h3-14H,2,15H2,1H3,(H,25,29). The molecule has 0 aliphatic heterocycles. The van der Waals surface area contributed by atoms with Crippen molar-refractivity contribution < 1.29 is 4.79 Å². The monoisotopic (exact) mass is 416 g/mol. The second kappa shape index (κ2) is 9.32. The smallest absolute Gasteiger partial charge is 0.234 e. The number of aromatic nitrogens is 5. The van der Waals surface area contributed by atoms with Crippen LogP contribution in [0, 0.1) is 0 Å². The molecule has 1 N–H and O–H groups in total. The molecule has 0 unspecified atom stereocenters. The third-order valence-electron chi connectivity index (χ3n) is 4.44. The Morgan fingerprint density at radius 3 is 2.60 bits per heavy atom. The van der Waals surface area contributed by atoms with Gasteiger partial charge in [-0.3, -0.25) is 9.78 Å². The van der Waals surface area contributed by atoms with Crippen LogP contribution in [-0.4, -0.2) is 36.4 Å². The fourth-order valence-electron chi connectivity index (χ4n) is 3.06. The van der Waals surface area contributed by atoms with Gasteiger partial charge in [-0.1, -0.05) is 60.3 Å². The van der Waals surface area contributed by atoms with E-state index in [1.165, 1.54) is 11.8 Å². The highest BCUT2D eigenvalue weighted by molar-refractivity contribution is 7.99. The van der Waals surface area contributed by atoms with E-state index in [1.807, 2.05) is 66.1 Å². The van der Waals surface area contributed by atoms with Crippen molar-refractivity contribution >= 4 is 23.4 Å². The van der Waals surface area contributed by atoms with Crippen LogP contribution in [0.25, 0.3) is 22.6 Å². The summed E-state index contributed by atoms with van der Waals surface area (Å²) in [6.45, 7) is 2.67. The Balaban J connectivity index is 1.46. The lowest BCUT2D eigenvalue weighted by atomic mass is 10.0. The Kier molecular flexibility index (Phi) is 6.14. The summed E-state index contributed by atoms with van der Waals surface area (Å²) in [5.41, 5.74) is 3.48. The minimum Gasteiger partial charge on any atom is -0.325 e. The molecule has 150 valence electrons. The summed E-state index contributed by atoms with van der Waals surface area (Å²) in [5.74, 6) is 0.764. The fraction of sp³-hybridized carbons (Fsp3) is 0.136. The van der Waals surface area contributed by atoms with Gasteiger partial charge in [0.2, 0.25) is 5.91 Å². The van der Waals surface area contributed by atoms with Crippen molar-refractivity contribution in [1.29, 1.82) is 0 Å². The Bertz CT molecular complexity index is 1130. The predicted molar refractivity (Wildman–Crippen MR) is 118 cm³/mol. The zero-order valence-corrected chi connectivity index (χ0v) is 17.2. The summed E-state index contributed by atoms with van der Waals surface area (Å²) in [5, 5.41) is 12.2. The van der Waals surface area contributed by atoms with Crippen LogP contribution in [0.15, 0.2) is 78.3 Å². The van der Waals surface area contributed by atoms with Gasteiger partial charge >= 0.3 is 0 Å². The lowest BCUT2D eigenvalue weighted by molar-refractivity contribution is -0.113. The molecule has 4 rings (SSSR count). The van der Waals surface area contributed by atoms with Crippen LogP contribution in [0.5, 0.6) is 0 Å². The zero-order valence-electron chi connectivity index (χ0n) is 16.4. The number of rotatable bonds is 7. The molecule has 0 spiro atoms. The maximum atomic E-state index is 12.6. The molecule has 0 fully saturated rings. The summed E-state index contributed by atoms with van der Waals surface area (Å²) in [6.07, 6.45) is 4.88. The van der Waals surface area contributed by atoms with Crippen molar-refractivity contribution in [1.82, 2.24) is 24.7 Å². The molecule has 2 heterocycles. The van der Waals surface area contributed by atoms with Gasteiger partial charge in [0.15, 0.2) is 11.0 Å². The largest absolute Gasteiger partial charge is 0.325 e. The minimum absolute atomic E-state index is 0.102. The molecule has 30 heavy (non-hydrogen) atoms. The van der Waals surface area contributed by atoms with Gasteiger partial charge in [-0.25, -0.2) is 4.98 Å². The average Bonchev–Trinajstić information content (AvgIpc) is 3.22. The number of hydrogen-bond acceptors (Lipinski definition) is 6. The molecular weight excluding hydrogens is 396 g/mol. The van der Waals surface area contributed by atoms with Crippen LogP contribution in [0.3, 0.4) is 0 Å². The number of para-hydroxylation sites is 1. The van der Waals surface area contributed by atoms with Gasteiger partial charge in [0.05, 0.1) is 11.9 Å². The molecule has 0 bridgehead atoms. The van der Waals surface area contributed by atoms with Crippen LogP contribution in [0.4, 0.5) is 5.69 Å². The highest BCUT2D eigenvalue weighted by Crippen LogP contribution is 2.28. The Morgan fingerprint density at radius 1 is 1.03 bits per heavy atom. The third-order valence-corrected chi connectivity index (χ3v) is 5.41. The molecule has 0 aliphatic carbocycles. The van der Waals surface area contributed by atoms with Crippen LogP contribution < -0.4 is 5.32 Å². The number of amides is 1. The highest BCUT2D eigenvalue weighted by Gasteiger charge is 2.16. The first-order valence-corrected chi connectivity index (χ1v) is 10.5. The van der Waals surface area contributed by atoms with E-state index in [1.54, 1.807) is 18.6 Å². The average molecular weight is 417 g/mol. The fourth-order valence-corrected chi connectivity index (χ4v) is 3.86. The Morgan fingerprint density at radius 2 is 1.83 bits per heavy atom. The van der Waals surface area contributed by atoms with Crippen molar-refractivity contribution in [3.63, 3.8) is 0 Å². The molecule has 0 saturated heterocycles. The van der Waals surface area contributed by atoms with Crippen molar-refractivity contribution in [2.45, 2.75) is 18.6 Å². The molecule has 0 saturated carbocycles. The molecule has 0 atom stereocenters. The lowest BCUT2D eigenvalue weighted by Gasteiger charge is -2.11. The number of benzene rings is 2. The van der Waals surface area contributed by atoms with Gasteiger partial charge < -0.3 is 9.88 Å². The van der Waals surface area contributed by atoms with E-state index in [9.17, 15) is 4.79 Å². The van der Waals surface area contributed by atoms with Crippen LogP contribution in [0.2, 0.25) is 0 Å². The summed E-state index contributed by atoms with van der Waals surface area (Å²) in [4.78, 5) is 21.0. The van der Waals surface area contributed by atoms with Gasteiger partial charge in [-0.2, -0.15) is 0 Å². The van der Waals surface area contributed by atoms with Crippen molar-refractivity contribution in [3.8, 4) is 22.6 Å². The van der Waals surface area contributed by atoms with Crippen LogP contribution in [0.1, 0.15) is 6.92 Å². The van der Waals surface area contributed by atoms with Crippen LogP contribution >= 0.6 is 11.8 Å². The topological polar surface area (TPSA) is 85.6 Å². The zero-order chi connectivity index (χ0) is 20.8. The molecule has 8 heteroatoms. The first-order chi connectivity index (χ1) is 14.8. The lowest BCUT2D eigenvalue weighted by Crippen LogP contribution is -2.15. The van der Waals surface area contributed by atoms with E-state index in [-0.39, 0.29) is 11.7 Å². The van der Waals surface area contributed by atoms with Gasteiger partial charge in [0, 0.05) is 30.2 Å². The van der Waals surface area contributed by atoms with Gasteiger partial charge in [-0.15, -0.1) is 10.2 Å². The number of nitrogens with zero attached hydrogens (tertiary/aromatic N) is 5. The number of carbonyl (C=O) groups is 1. The quantitative estimate of drug-likeness (QED) is 0.456. The summed E-state index contributed by atoms with van der Waals surface area (Å²) >= 11 is 1.35. The molecule has 4 aromatic rings. The number of anilines is 1. The predicted octanol–water partition coefficient (Wildman–Crippen LogP) is 4.15. The molecule has 0 radical (unpaired) electrons. The molecule has 2 aromatic heterocycles. The summed E-state index contributed by atoms with van der Waals surface area (Å²) in [6, 6.07) is 17.8. The van der Waals surface area contributed by atoms with Gasteiger partial charge in [-0.05, 0) is 18.6 Å². The normalized spacial score (nSPS) is 10.7. The Labute approximate surface area is 178 Å². The molecule has 2 aromatic carbocycles. The Hall–Kier alpha value is -3.52. The maximum Gasteiger partial charge on any atom is 0.234 e. The third kappa shape index (κ3) is 4.38. The second-order valence-corrected chi connectivity index (χ2v) is 7.33. The number of nitrogens with one attached hydrogen (secondary N) is 1.